The summed E-state index contributed by atoms with van der Waals surface area (Å²) in [6.07, 6.45) is 1.89. The first-order valence-corrected chi connectivity index (χ1v) is 5.43. The van der Waals surface area contributed by atoms with E-state index in [9.17, 15) is 5.11 Å². The van der Waals surface area contributed by atoms with Crippen LogP contribution in [0.2, 0.25) is 0 Å². The zero-order valence-electron chi connectivity index (χ0n) is 9.25. The lowest BCUT2D eigenvalue weighted by atomic mass is 9.71. The van der Waals surface area contributed by atoms with Crippen LogP contribution in [0.25, 0.3) is 0 Å². The molecule has 15 heavy (non-hydrogen) atoms. The molecule has 1 saturated carbocycles. The number of aliphatic hydroxyl groups is 1. The van der Waals surface area contributed by atoms with Gasteiger partial charge in [0.2, 0.25) is 0 Å². The second-order valence-electron chi connectivity index (χ2n) is 4.43. The summed E-state index contributed by atoms with van der Waals surface area (Å²) in [5.74, 6) is 6.41. The van der Waals surface area contributed by atoms with Crippen LogP contribution in [-0.4, -0.2) is 10.7 Å². The summed E-state index contributed by atoms with van der Waals surface area (Å²) in [7, 11) is 0. The van der Waals surface area contributed by atoms with E-state index in [2.05, 4.69) is 18.8 Å². The largest absolute Gasteiger partial charge is 0.377 e. The fourth-order valence-corrected chi connectivity index (χ4v) is 1.78. The molecule has 1 nitrogen and oxygen atoms in total. The topological polar surface area (TPSA) is 20.2 Å². The van der Waals surface area contributed by atoms with E-state index < -0.39 is 5.60 Å². The molecule has 1 N–H and O–H groups in total. The number of hydrogen-bond acceptors (Lipinski definition) is 1. The average Bonchev–Trinajstić information content (AvgIpc) is 2.25. The molecule has 0 aliphatic heterocycles. The summed E-state index contributed by atoms with van der Waals surface area (Å²) in [5, 5.41) is 10.1. The third-order valence-electron chi connectivity index (χ3n) is 3.33. The van der Waals surface area contributed by atoms with Gasteiger partial charge in [0.1, 0.15) is 5.60 Å². The van der Waals surface area contributed by atoms with Gasteiger partial charge in [-0.05, 0) is 37.3 Å². The number of rotatable bonds is 0. The van der Waals surface area contributed by atoms with Gasteiger partial charge in [-0.2, -0.15) is 0 Å². The van der Waals surface area contributed by atoms with Crippen molar-refractivity contribution >= 4 is 0 Å². The Labute approximate surface area is 91.1 Å². The quantitative estimate of drug-likeness (QED) is 0.638. The highest BCUT2D eigenvalue weighted by Gasteiger charge is 2.40. The van der Waals surface area contributed by atoms with Crippen molar-refractivity contribution in [2.45, 2.75) is 32.3 Å². The van der Waals surface area contributed by atoms with Gasteiger partial charge in [0, 0.05) is 5.56 Å². The van der Waals surface area contributed by atoms with Gasteiger partial charge in [0.05, 0.1) is 0 Å². The molecular formula is C14H16O. The Morgan fingerprint density at radius 3 is 2.67 bits per heavy atom. The third-order valence-corrected chi connectivity index (χ3v) is 3.33. The maximum absolute atomic E-state index is 10.1. The normalized spacial score (nSPS) is 28.9. The van der Waals surface area contributed by atoms with E-state index in [-0.39, 0.29) is 0 Å². The molecule has 78 valence electrons. The summed E-state index contributed by atoms with van der Waals surface area (Å²) in [4.78, 5) is 0. The maximum Gasteiger partial charge on any atom is 0.128 e. The molecule has 1 aliphatic rings. The summed E-state index contributed by atoms with van der Waals surface area (Å²) in [6.45, 7) is 4.09. The molecule has 1 aliphatic carbocycles. The van der Waals surface area contributed by atoms with Crippen molar-refractivity contribution in [3.63, 3.8) is 0 Å². The van der Waals surface area contributed by atoms with Gasteiger partial charge < -0.3 is 5.11 Å². The number of hydrogen-bond donors (Lipinski definition) is 1. The number of benzene rings is 1. The van der Waals surface area contributed by atoms with Crippen molar-refractivity contribution in [1.82, 2.24) is 0 Å². The second kappa shape index (κ2) is 3.72. The number of aryl methyl sites for hydroxylation is 1. The first kappa shape index (κ1) is 10.3. The van der Waals surface area contributed by atoms with Crippen molar-refractivity contribution in [2.75, 3.05) is 0 Å². The Morgan fingerprint density at radius 2 is 2.13 bits per heavy atom. The van der Waals surface area contributed by atoms with E-state index in [4.69, 9.17) is 0 Å². The van der Waals surface area contributed by atoms with Crippen LogP contribution >= 0.6 is 0 Å². The summed E-state index contributed by atoms with van der Waals surface area (Å²) >= 11 is 0. The molecular weight excluding hydrogens is 184 g/mol. The molecule has 0 heterocycles. The van der Waals surface area contributed by atoms with Crippen LogP contribution in [0, 0.1) is 24.7 Å². The highest BCUT2D eigenvalue weighted by Crippen LogP contribution is 2.37. The van der Waals surface area contributed by atoms with E-state index in [1.54, 1.807) is 0 Å². The molecule has 1 fully saturated rings. The molecule has 1 aromatic carbocycles. The molecule has 1 aromatic rings. The fourth-order valence-electron chi connectivity index (χ4n) is 1.78. The van der Waals surface area contributed by atoms with Crippen LogP contribution < -0.4 is 0 Å². The Hall–Kier alpha value is -1.26. The Morgan fingerprint density at radius 1 is 1.40 bits per heavy atom. The molecule has 2 rings (SSSR count). The Balaban J connectivity index is 2.22. The van der Waals surface area contributed by atoms with E-state index in [1.807, 2.05) is 31.2 Å². The summed E-state index contributed by atoms with van der Waals surface area (Å²) < 4.78 is 0. The standard InChI is InChI=1S/C14H16O/c1-11-5-3-4-6-13(11)8-10-14(15)9-7-12(14)2/h3-6,12,15H,7,9H2,1-2H3/t12-,14+/m1/s1. The lowest BCUT2D eigenvalue weighted by Gasteiger charge is -2.39. The van der Waals surface area contributed by atoms with Gasteiger partial charge in [0.15, 0.2) is 0 Å². The van der Waals surface area contributed by atoms with E-state index >= 15 is 0 Å². The molecule has 1 heteroatoms. The van der Waals surface area contributed by atoms with Crippen LogP contribution in [0.4, 0.5) is 0 Å². The smallest absolute Gasteiger partial charge is 0.128 e. The average molecular weight is 200 g/mol. The van der Waals surface area contributed by atoms with Gasteiger partial charge >= 0.3 is 0 Å². The van der Waals surface area contributed by atoms with Crippen LogP contribution in [0.5, 0.6) is 0 Å². The lowest BCUT2D eigenvalue weighted by molar-refractivity contribution is -0.0331. The molecule has 0 unspecified atom stereocenters. The maximum atomic E-state index is 10.1. The van der Waals surface area contributed by atoms with Crippen molar-refractivity contribution in [3.05, 3.63) is 35.4 Å². The molecule has 0 radical (unpaired) electrons. The van der Waals surface area contributed by atoms with Crippen molar-refractivity contribution in [3.8, 4) is 11.8 Å². The van der Waals surface area contributed by atoms with E-state index in [0.29, 0.717) is 5.92 Å². The van der Waals surface area contributed by atoms with Gasteiger partial charge in [0.25, 0.3) is 0 Å². The third kappa shape index (κ3) is 1.91. The Bertz CT molecular complexity index is 424. The van der Waals surface area contributed by atoms with Crippen molar-refractivity contribution in [2.24, 2.45) is 5.92 Å². The van der Waals surface area contributed by atoms with Gasteiger partial charge in [-0.15, -0.1) is 0 Å². The Kier molecular flexibility index (Phi) is 2.54. The molecule has 0 saturated heterocycles. The molecule has 2 atom stereocenters. The monoisotopic (exact) mass is 200 g/mol. The zero-order valence-corrected chi connectivity index (χ0v) is 9.25. The second-order valence-corrected chi connectivity index (χ2v) is 4.43. The zero-order chi connectivity index (χ0) is 10.9. The SMILES string of the molecule is Cc1ccccc1C#C[C@@]1(O)CC[C@H]1C. The lowest BCUT2D eigenvalue weighted by Crippen LogP contribution is -2.44. The van der Waals surface area contributed by atoms with Gasteiger partial charge in [-0.3, -0.25) is 0 Å². The van der Waals surface area contributed by atoms with Crippen molar-refractivity contribution in [1.29, 1.82) is 0 Å². The highest BCUT2D eigenvalue weighted by molar-refractivity contribution is 5.42. The van der Waals surface area contributed by atoms with E-state index in [0.717, 1.165) is 18.4 Å². The first-order chi connectivity index (χ1) is 7.12. The minimum absolute atomic E-state index is 0.314. The highest BCUT2D eigenvalue weighted by atomic mass is 16.3. The van der Waals surface area contributed by atoms with Gasteiger partial charge in [-0.1, -0.05) is 37.0 Å². The minimum atomic E-state index is -0.734. The molecule has 0 bridgehead atoms. The van der Waals surface area contributed by atoms with Crippen LogP contribution in [0.3, 0.4) is 0 Å². The van der Waals surface area contributed by atoms with Gasteiger partial charge in [-0.25, -0.2) is 0 Å². The minimum Gasteiger partial charge on any atom is -0.377 e. The first-order valence-electron chi connectivity index (χ1n) is 5.43. The molecule has 0 spiro atoms. The fraction of sp³-hybridized carbons (Fsp3) is 0.429. The van der Waals surface area contributed by atoms with Crippen LogP contribution in [0.1, 0.15) is 30.9 Å². The van der Waals surface area contributed by atoms with E-state index in [1.165, 1.54) is 5.56 Å². The predicted octanol–water partition coefficient (Wildman–Crippen LogP) is 2.51. The summed E-state index contributed by atoms with van der Waals surface area (Å²) in [5.41, 5.74) is 1.45. The predicted molar refractivity (Wildman–Crippen MR) is 61.4 cm³/mol. The van der Waals surface area contributed by atoms with Crippen molar-refractivity contribution < 1.29 is 5.11 Å². The molecule has 0 amide bonds. The molecule has 0 aromatic heterocycles. The van der Waals surface area contributed by atoms with Crippen LogP contribution in [0.15, 0.2) is 24.3 Å². The summed E-state index contributed by atoms with van der Waals surface area (Å²) in [6, 6.07) is 8.01. The van der Waals surface area contributed by atoms with Crippen LogP contribution in [-0.2, 0) is 0 Å².